The average Bonchev–Trinajstić information content (AvgIpc) is 2.00. The zero-order valence-electron chi connectivity index (χ0n) is 10.1. The monoisotopic (exact) mass is 198 g/mol. The predicted molar refractivity (Wildman–Crippen MR) is 62.2 cm³/mol. The lowest BCUT2D eigenvalue weighted by Crippen LogP contribution is -2.43. The average molecular weight is 198 g/mol. The first-order chi connectivity index (χ1) is 6.42. The van der Waals surface area contributed by atoms with E-state index in [0.29, 0.717) is 11.5 Å². The van der Waals surface area contributed by atoms with Gasteiger partial charge in [-0.2, -0.15) is 0 Å². The van der Waals surface area contributed by atoms with Crippen molar-refractivity contribution in [1.82, 2.24) is 5.32 Å². The van der Waals surface area contributed by atoms with E-state index in [1.807, 2.05) is 0 Å². The molecule has 2 heteroatoms. The van der Waals surface area contributed by atoms with Gasteiger partial charge < -0.3 is 11.1 Å². The molecule has 0 aromatic heterocycles. The second kappa shape index (κ2) is 4.63. The Morgan fingerprint density at radius 2 is 1.93 bits per heavy atom. The third-order valence-electron chi connectivity index (χ3n) is 3.85. The van der Waals surface area contributed by atoms with Crippen molar-refractivity contribution in [2.24, 2.45) is 23.0 Å². The maximum Gasteiger partial charge on any atom is 0.00450 e. The fourth-order valence-electron chi connectivity index (χ4n) is 1.76. The van der Waals surface area contributed by atoms with Gasteiger partial charge in [0.05, 0.1) is 0 Å². The molecule has 3 N–H and O–H groups in total. The van der Waals surface area contributed by atoms with Gasteiger partial charge in [-0.15, -0.1) is 0 Å². The molecule has 0 aromatic rings. The minimum absolute atomic E-state index is 0.409. The molecule has 1 saturated carbocycles. The van der Waals surface area contributed by atoms with E-state index in [2.05, 4.69) is 33.0 Å². The second-order valence-electron chi connectivity index (χ2n) is 5.87. The van der Waals surface area contributed by atoms with Crippen LogP contribution in [0.1, 0.15) is 40.5 Å². The summed E-state index contributed by atoms with van der Waals surface area (Å²) >= 11 is 0. The van der Waals surface area contributed by atoms with Gasteiger partial charge in [0, 0.05) is 12.6 Å². The summed E-state index contributed by atoms with van der Waals surface area (Å²) in [5.41, 5.74) is 6.16. The number of hydrogen-bond donors (Lipinski definition) is 2. The molecule has 0 atom stereocenters. The van der Waals surface area contributed by atoms with E-state index < -0.39 is 0 Å². The van der Waals surface area contributed by atoms with Gasteiger partial charge in [0.2, 0.25) is 0 Å². The molecule has 0 radical (unpaired) electrons. The molecule has 14 heavy (non-hydrogen) atoms. The SMILES string of the molecule is CC(C)C(C)(C)CNCC1CC(N)C1. The standard InChI is InChI=1S/C12H26N2/c1-9(2)12(3,4)8-14-7-10-5-11(13)6-10/h9-11,14H,5-8,13H2,1-4H3. The Hall–Kier alpha value is -0.0800. The van der Waals surface area contributed by atoms with Crippen molar-refractivity contribution < 1.29 is 0 Å². The van der Waals surface area contributed by atoms with Crippen LogP contribution in [-0.2, 0) is 0 Å². The van der Waals surface area contributed by atoms with Crippen molar-refractivity contribution in [3.05, 3.63) is 0 Å². The fraction of sp³-hybridized carbons (Fsp3) is 1.00. The molecule has 0 bridgehead atoms. The molecule has 1 fully saturated rings. The summed E-state index contributed by atoms with van der Waals surface area (Å²) in [7, 11) is 0. The van der Waals surface area contributed by atoms with Crippen LogP contribution in [0.25, 0.3) is 0 Å². The van der Waals surface area contributed by atoms with Gasteiger partial charge >= 0.3 is 0 Å². The smallest absolute Gasteiger partial charge is 0.00450 e. The largest absolute Gasteiger partial charge is 0.328 e. The van der Waals surface area contributed by atoms with E-state index in [1.54, 1.807) is 0 Å². The Morgan fingerprint density at radius 1 is 1.36 bits per heavy atom. The van der Waals surface area contributed by atoms with Crippen molar-refractivity contribution >= 4 is 0 Å². The lowest BCUT2D eigenvalue weighted by molar-refractivity contribution is 0.208. The highest BCUT2D eigenvalue weighted by molar-refractivity contribution is 4.84. The van der Waals surface area contributed by atoms with Gasteiger partial charge in [-0.3, -0.25) is 0 Å². The van der Waals surface area contributed by atoms with Crippen LogP contribution < -0.4 is 11.1 Å². The van der Waals surface area contributed by atoms with Crippen molar-refractivity contribution in [3.8, 4) is 0 Å². The first-order valence-corrected chi connectivity index (χ1v) is 5.88. The highest BCUT2D eigenvalue weighted by Gasteiger charge is 2.27. The number of nitrogens with two attached hydrogens (primary N) is 1. The molecule has 0 spiro atoms. The summed E-state index contributed by atoms with van der Waals surface area (Å²) in [6.07, 6.45) is 2.43. The van der Waals surface area contributed by atoms with Crippen LogP contribution >= 0.6 is 0 Å². The maximum absolute atomic E-state index is 5.75. The molecule has 2 nitrogen and oxygen atoms in total. The van der Waals surface area contributed by atoms with E-state index >= 15 is 0 Å². The first kappa shape index (κ1) is 12.0. The lowest BCUT2D eigenvalue weighted by atomic mass is 9.79. The minimum Gasteiger partial charge on any atom is -0.328 e. The summed E-state index contributed by atoms with van der Waals surface area (Å²) < 4.78 is 0. The van der Waals surface area contributed by atoms with Crippen LogP contribution in [0.3, 0.4) is 0 Å². The zero-order valence-corrected chi connectivity index (χ0v) is 10.1. The molecule has 0 amide bonds. The molecule has 0 unspecified atom stereocenters. The van der Waals surface area contributed by atoms with Crippen LogP contribution in [0, 0.1) is 17.3 Å². The van der Waals surface area contributed by atoms with E-state index in [-0.39, 0.29) is 0 Å². The number of rotatable bonds is 5. The van der Waals surface area contributed by atoms with Gasteiger partial charge in [-0.1, -0.05) is 27.7 Å². The normalized spacial score (nSPS) is 27.9. The van der Waals surface area contributed by atoms with E-state index in [4.69, 9.17) is 5.73 Å². The summed E-state index contributed by atoms with van der Waals surface area (Å²) in [4.78, 5) is 0. The maximum atomic E-state index is 5.75. The van der Waals surface area contributed by atoms with Crippen LogP contribution in [0.4, 0.5) is 0 Å². The summed E-state index contributed by atoms with van der Waals surface area (Å²) in [5.74, 6) is 1.58. The van der Waals surface area contributed by atoms with Crippen LogP contribution in [0.15, 0.2) is 0 Å². The second-order valence-corrected chi connectivity index (χ2v) is 5.87. The van der Waals surface area contributed by atoms with Gasteiger partial charge in [-0.25, -0.2) is 0 Å². The Labute approximate surface area is 88.6 Å². The molecule has 1 aliphatic rings. The lowest BCUT2D eigenvalue weighted by Gasteiger charge is -2.35. The molecule has 1 rings (SSSR count). The van der Waals surface area contributed by atoms with E-state index in [0.717, 1.165) is 24.9 Å². The molecule has 0 heterocycles. The van der Waals surface area contributed by atoms with Crippen molar-refractivity contribution in [2.75, 3.05) is 13.1 Å². The summed E-state index contributed by atoms with van der Waals surface area (Å²) in [6, 6.07) is 0.486. The highest BCUT2D eigenvalue weighted by Crippen LogP contribution is 2.27. The zero-order chi connectivity index (χ0) is 10.8. The van der Waals surface area contributed by atoms with Gasteiger partial charge in [0.25, 0.3) is 0 Å². The van der Waals surface area contributed by atoms with Gasteiger partial charge in [-0.05, 0) is 36.6 Å². The van der Waals surface area contributed by atoms with Crippen molar-refractivity contribution in [1.29, 1.82) is 0 Å². The van der Waals surface area contributed by atoms with Crippen LogP contribution in [-0.4, -0.2) is 19.1 Å². The summed E-state index contributed by atoms with van der Waals surface area (Å²) in [5, 5.41) is 3.57. The number of nitrogens with one attached hydrogen (secondary N) is 1. The van der Waals surface area contributed by atoms with Crippen molar-refractivity contribution in [2.45, 2.75) is 46.6 Å². The Balaban J connectivity index is 2.09. The van der Waals surface area contributed by atoms with E-state index in [1.165, 1.54) is 12.8 Å². The molecule has 0 saturated heterocycles. The third-order valence-corrected chi connectivity index (χ3v) is 3.85. The third kappa shape index (κ3) is 3.25. The molecule has 0 aromatic carbocycles. The minimum atomic E-state index is 0.409. The molecule has 0 aliphatic heterocycles. The highest BCUT2D eigenvalue weighted by atomic mass is 14.9. The molecule has 84 valence electrons. The fourth-order valence-corrected chi connectivity index (χ4v) is 1.76. The Kier molecular flexibility index (Phi) is 3.96. The Bertz CT molecular complexity index is 169. The topological polar surface area (TPSA) is 38.0 Å². The number of hydrogen-bond acceptors (Lipinski definition) is 2. The van der Waals surface area contributed by atoms with Gasteiger partial charge in [0.1, 0.15) is 0 Å². The molecule has 1 aliphatic carbocycles. The Morgan fingerprint density at radius 3 is 2.36 bits per heavy atom. The first-order valence-electron chi connectivity index (χ1n) is 5.88. The summed E-state index contributed by atoms with van der Waals surface area (Å²) in [6.45, 7) is 11.5. The molecular weight excluding hydrogens is 172 g/mol. The predicted octanol–water partition coefficient (Wildman–Crippen LogP) is 2.00. The van der Waals surface area contributed by atoms with Gasteiger partial charge in [0.15, 0.2) is 0 Å². The van der Waals surface area contributed by atoms with Crippen LogP contribution in [0.2, 0.25) is 0 Å². The van der Waals surface area contributed by atoms with Crippen LogP contribution in [0.5, 0.6) is 0 Å². The quantitative estimate of drug-likeness (QED) is 0.709. The van der Waals surface area contributed by atoms with Crippen molar-refractivity contribution in [3.63, 3.8) is 0 Å². The molecular formula is C12H26N2. The van der Waals surface area contributed by atoms with E-state index in [9.17, 15) is 0 Å².